The molecule has 0 aliphatic carbocycles. The molecule has 74 valence electrons. The van der Waals surface area contributed by atoms with E-state index in [-0.39, 0.29) is 5.75 Å². The fourth-order valence-electron chi connectivity index (χ4n) is 0.795. The van der Waals surface area contributed by atoms with Gasteiger partial charge in [0.1, 0.15) is 0 Å². The summed E-state index contributed by atoms with van der Waals surface area (Å²) in [5.41, 5.74) is 4.00. The summed E-state index contributed by atoms with van der Waals surface area (Å²) in [5.74, 6) is 0.0602. The van der Waals surface area contributed by atoms with E-state index in [9.17, 15) is 8.42 Å². The average Bonchev–Trinajstić information content (AvgIpc) is 1.98. The number of hydrogen-bond acceptors (Lipinski definition) is 4. The minimum absolute atomic E-state index is 0.0602. The zero-order valence-electron chi connectivity index (χ0n) is 7.36. The van der Waals surface area contributed by atoms with Crippen LogP contribution in [-0.4, -0.2) is 31.3 Å². The number of rotatable bonds is 6. The number of aliphatic hydroxyl groups excluding tert-OH is 1. The maximum Gasteiger partial charge on any atom is 0.176 e. The first-order chi connectivity index (χ1) is 5.50. The van der Waals surface area contributed by atoms with Gasteiger partial charge in [-0.1, -0.05) is 6.42 Å². The maximum atomic E-state index is 11.0. The van der Waals surface area contributed by atoms with Gasteiger partial charge in [-0.2, -0.15) is 0 Å². The minimum Gasteiger partial charge on any atom is -0.377 e. The number of sulfone groups is 1. The highest BCUT2D eigenvalue weighted by molar-refractivity contribution is 7.91. The van der Waals surface area contributed by atoms with Crippen molar-refractivity contribution < 1.29 is 13.5 Å². The van der Waals surface area contributed by atoms with Crippen LogP contribution in [0, 0.1) is 0 Å². The minimum atomic E-state index is -3.26. The number of unbranched alkanes of at least 4 members (excludes halogenated alkanes) is 2. The molecule has 0 radical (unpaired) electrons. The predicted molar refractivity (Wildman–Crippen MR) is 48.4 cm³/mol. The van der Waals surface area contributed by atoms with Crippen molar-refractivity contribution in [2.45, 2.75) is 31.6 Å². The van der Waals surface area contributed by atoms with Gasteiger partial charge in [-0.15, -0.1) is 0 Å². The van der Waals surface area contributed by atoms with Gasteiger partial charge in [-0.05, 0) is 26.3 Å². The van der Waals surface area contributed by atoms with E-state index in [2.05, 4.69) is 0 Å². The normalized spacial score (nSPS) is 14.6. The van der Waals surface area contributed by atoms with E-state index in [1.54, 1.807) is 0 Å². The summed E-state index contributed by atoms with van der Waals surface area (Å²) >= 11 is 0. The van der Waals surface area contributed by atoms with Crippen LogP contribution in [0.5, 0.6) is 0 Å². The summed E-state index contributed by atoms with van der Waals surface area (Å²) in [6.45, 7) is 1.87. The third-order valence-electron chi connectivity index (χ3n) is 1.65. The van der Waals surface area contributed by atoms with Crippen molar-refractivity contribution in [2.24, 2.45) is 5.73 Å². The molecule has 4 nitrogen and oxygen atoms in total. The Bertz CT molecular complexity index is 199. The van der Waals surface area contributed by atoms with Gasteiger partial charge in [0, 0.05) is 0 Å². The first-order valence-corrected chi connectivity index (χ1v) is 5.82. The molecule has 0 aliphatic heterocycles. The summed E-state index contributed by atoms with van der Waals surface area (Å²) < 4.78 is 22.0. The third-order valence-corrected chi connectivity index (χ3v) is 3.55. The lowest BCUT2D eigenvalue weighted by atomic mass is 10.2. The van der Waals surface area contributed by atoms with Crippen molar-refractivity contribution >= 4 is 9.84 Å². The smallest absolute Gasteiger partial charge is 0.176 e. The third kappa shape index (κ3) is 4.69. The molecule has 0 amide bonds. The Balaban J connectivity index is 3.63. The topological polar surface area (TPSA) is 80.4 Å². The van der Waals surface area contributed by atoms with Crippen LogP contribution >= 0.6 is 0 Å². The van der Waals surface area contributed by atoms with Crippen LogP contribution in [0.25, 0.3) is 0 Å². The highest BCUT2D eigenvalue weighted by Crippen LogP contribution is 2.03. The monoisotopic (exact) mass is 195 g/mol. The Hall–Kier alpha value is -0.130. The molecule has 1 atom stereocenters. The molecule has 0 fully saturated rings. The zero-order chi connectivity index (χ0) is 9.61. The van der Waals surface area contributed by atoms with Crippen molar-refractivity contribution in [2.75, 3.05) is 12.3 Å². The molecule has 1 unspecified atom stereocenters. The Labute approximate surface area is 73.7 Å². The van der Waals surface area contributed by atoms with Crippen LogP contribution in [-0.2, 0) is 9.84 Å². The lowest BCUT2D eigenvalue weighted by Crippen LogP contribution is -2.20. The second-order valence-electron chi connectivity index (χ2n) is 2.82. The van der Waals surface area contributed by atoms with Gasteiger partial charge in [-0.3, -0.25) is 0 Å². The molecule has 0 rings (SSSR count). The highest BCUT2D eigenvalue weighted by atomic mass is 32.2. The summed E-state index contributed by atoms with van der Waals surface area (Å²) in [6.07, 6.45) is 2.24. The molecular formula is C7H17NO3S. The molecule has 3 N–H and O–H groups in total. The van der Waals surface area contributed by atoms with Gasteiger partial charge in [0.2, 0.25) is 0 Å². The van der Waals surface area contributed by atoms with E-state index in [0.717, 1.165) is 12.8 Å². The Morgan fingerprint density at radius 3 is 2.33 bits per heavy atom. The molecular weight excluding hydrogens is 178 g/mol. The van der Waals surface area contributed by atoms with Crippen LogP contribution in [0.2, 0.25) is 0 Å². The predicted octanol–water partition coefficient (Wildman–Crippen LogP) is -0.131. The molecule has 5 heteroatoms. The quantitative estimate of drug-likeness (QED) is 0.578. The van der Waals surface area contributed by atoms with Gasteiger partial charge in [-0.25, -0.2) is 8.42 Å². The molecule has 0 aromatic heterocycles. The van der Waals surface area contributed by atoms with Crippen LogP contribution in [0.1, 0.15) is 26.2 Å². The van der Waals surface area contributed by atoms with Crippen molar-refractivity contribution in [3.63, 3.8) is 0 Å². The molecule has 0 aromatic carbocycles. The Kier molecular flexibility index (Phi) is 5.44. The molecule has 0 bridgehead atoms. The van der Waals surface area contributed by atoms with E-state index in [0.29, 0.717) is 13.0 Å². The van der Waals surface area contributed by atoms with Gasteiger partial charge >= 0.3 is 0 Å². The number of aliphatic hydroxyl groups is 1. The molecule has 0 saturated carbocycles. The van der Waals surface area contributed by atoms with Crippen LogP contribution in [0.4, 0.5) is 0 Å². The fourth-order valence-corrected chi connectivity index (χ4v) is 1.74. The molecule has 0 heterocycles. The average molecular weight is 195 g/mol. The first-order valence-electron chi connectivity index (χ1n) is 4.10. The van der Waals surface area contributed by atoms with E-state index < -0.39 is 15.3 Å². The number of hydrogen-bond donors (Lipinski definition) is 2. The highest BCUT2D eigenvalue weighted by Gasteiger charge is 2.16. The second-order valence-corrected chi connectivity index (χ2v) is 5.23. The lowest BCUT2D eigenvalue weighted by molar-refractivity contribution is 0.268. The standard InChI is InChI=1S/C7H17NO3S/c1-7(9)12(10,11)6-4-2-3-5-8/h7,9H,2-6,8H2,1H3. The van der Waals surface area contributed by atoms with Crippen molar-refractivity contribution in [1.82, 2.24) is 0 Å². The fraction of sp³-hybridized carbons (Fsp3) is 1.00. The Morgan fingerprint density at radius 1 is 1.33 bits per heavy atom. The first kappa shape index (κ1) is 11.9. The van der Waals surface area contributed by atoms with E-state index in [1.165, 1.54) is 6.92 Å². The zero-order valence-corrected chi connectivity index (χ0v) is 8.18. The summed E-state index contributed by atoms with van der Waals surface area (Å²) in [6, 6.07) is 0. The van der Waals surface area contributed by atoms with Crippen LogP contribution in [0.15, 0.2) is 0 Å². The Morgan fingerprint density at radius 2 is 1.92 bits per heavy atom. The molecule has 0 aliphatic rings. The largest absolute Gasteiger partial charge is 0.377 e. The summed E-state index contributed by atoms with van der Waals surface area (Å²) in [5, 5.41) is 8.82. The van der Waals surface area contributed by atoms with Gasteiger partial charge in [0.25, 0.3) is 0 Å². The maximum absolute atomic E-state index is 11.0. The molecule has 0 saturated heterocycles. The van der Waals surface area contributed by atoms with Gasteiger partial charge in [0.15, 0.2) is 15.3 Å². The van der Waals surface area contributed by atoms with E-state index >= 15 is 0 Å². The molecule has 0 aromatic rings. The molecule has 0 spiro atoms. The molecule has 12 heavy (non-hydrogen) atoms. The lowest BCUT2D eigenvalue weighted by Gasteiger charge is -2.05. The van der Waals surface area contributed by atoms with E-state index in [4.69, 9.17) is 10.8 Å². The summed E-state index contributed by atoms with van der Waals surface area (Å²) in [7, 11) is -3.26. The van der Waals surface area contributed by atoms with E-state index in [1.807, 2.05) is 0 Å². The van der Waals surface area contributed by atoms with Crippen molar-refractivity contribution in [3.05, 3.63) is 0 Å². The van der Waals surface area contributed by atoms with Gasteiger partial charge < -0.3 is 10.8 Å². The summed E-state index contributed by atoms with van der Waals surface area (Å²) in [4.78, 5) is 0. The van der Waals surface area contributed by atoms with Crippen LogP contribution < -0.4 is 5.73 Å². The SMILES string of the molecule is CC(O)S(=O)(=O)CCCCCN. The van der Waals surface area contributed by atoms with Crippen LogP contribution in [0.3, 0.4) is 0 Å². The van der Waals surface area contributed by atoms with Crippen molar-refractivity contribution in [1.29, 1.82) is 0 Å². The number of nitrogens with two attached hydrogens (primary N) is 1. The van der Waals surface area contributed by atoms with Crippen molar-refractivity contribution in [3.8, 4) is 0 Å². The van der Waals surface area contributed by atoms with Gasteiger partial charge in [0.05, 0.1) is 5.75 Å². The second kappa shape index (κ2) is 5.50.